The van der Waals surface area contributed by atoms with Crippen LogP contribution in [0.25, 0.3) is 0 Å². The van der Waals surface area contributed by atoms with Crippen molar-refractivity contribution >= 4 is 67.6 Å². The molecule has 0 aliphatic rings. The Morgan fingerprint density at radius 1 is 1.53 bits per heavy atom. The molecular formula is C9H7BrCl2INO. The number of nitrogens with one attached hydrogen (secondary N) is 1. The Morgan fingerprint density at radius 3 is 2.80 bits per heavy atom. The fraction of sp³-hybridized carbons (Fsp3) is 0.222. The van der Waals surface area contributed by atoms with Gasteiger partial charge in [0.2, 0.25) is 0 Å². The average Bonchev–Trinajstić information content (AvgIpc) is 2.18. The standard InChI is InChI=1S/C9H7BrCl2INO/c10-7-2-1-5(13)3-6(7)9(15)14-4-8(11)12/h1-3,8H,4H2,(H,14,15). The first-order valence-electron chi connectivity index (χ1n) is 4.02. The maximum absolute atomic E-state index is 11.7. The first-order chi connectivity index (χ1) is 7.00. The molecule has 0 bridgehead atoms. The first kappa shape index (κ1) is 13.5. The van der Waals surface area contributed by atoms with Crippen molar-refractivity contribution in [2.24, 2.45) is 0 Å². The number of amides is 1. The molecule has 15 heavy (non-hydrogen) atoms. The van der Waals surface area contributed by atoms with Crippen molar-refractivity contribution in [3.8, 4) is 0 Å². The van der Waals surface area contributed by atoms with Gasteiger partial charge in [0.1, 0.15) is 4.84 Å². The van der Waals surface area contributed by atoms with E-state index in [1.54, 1.807) is 6.07 Å². The van der Waals surface area contributed by atoms with Crippen LogP contribution in [0.3, 0.4) is 0 Å². The SMILES string of the molecule is O=C(NCC(Cl)Cl)c1cc(I)ccc1Br. The zero-order valence-corrected chi connectivity index (χ0v) is 12.7. The third-order valence-electron chi connectivity index (χ3n) is 1.59. The van der Waals surface area contributed by atoms with E-state index in [4.69, 9.17) is 23.2 Å². The summed E-state index contributed by atoms with van der Waals surface area (Å²) in [5.41, 5.74) is 0.580. The summed E-state index contributed by atoms with van der Waals surface area (Å²) in [7, 11) is 0. The third-order valence-corrected chi connectivity index (χ3v) is 3.26. The van der Waals surface area contributed by atoms with Gasteiger partial charge in [-0.05, 0) is 56.7 Å². The van der Waals surface area contributed by atoms with Crippen LogP contribution in [0.5, 0.6) is 0 Å². The minimum atomic E-state index is -0.587. The van der Waals surface area contributed by atoms with Crippen molar-refractivity contribution < 1.29 is 4.79 Å². The topological polar surface area (TPSA) is 29.1 Å². The highest BCUT2D eigenvalue weighted by Crippen LogP contribution is 2.19. The molecule has 0 aliphatic heterocycles. The fourth-order valence-electron chi connectivity index (χ4n) is 0.937. The van der Waals surface area contributed by atoms with E-state index >= 15 is 0 Å². The highest BCUT2D eigenvalue weighted by Gasteiger charge is 2.11. The van der Waals surface area contributed by atoms with Crippen LogP contribution >= 0.6 is 61.7 Å². The summed E-state index contributed by atoms with van der Waals surface area (Å²) >= 11 is 16.5. The second kappa shape index (κ2) is 6.27. The van der Waals surface area contributed by atoms with E-state index < -0.39 is 4.84 Å². The van der Waals surface area contributed by atoms with Gasteiger partial charge in [0.25, 0.3) is 5.91 Å². The Bertz CT molecular complexity index is 373. The van der Waals surface area contributed by atoms with Gasteiger partial charge in [-0.3, -0.25) is 4.79 Å². The number of hydrogen-bond donors (Lipinski definition) is 1. The fourth-order valence-corrected chi connectivity index (χ4v) is 2.01. The molecule has 0 aliphatic carbocycles. The van der Waals surface area contributed by atoms with E-state index in [-0.39, 0.29) is 12.5 Å². The van der Waals surface area contributed by atoms with Crippen LogP contribution in [-0.4, -0.2) is 17.3 Å². The van der Waals surface area contributed by atoms with E-state index in [0.717, 1.165) is 8.04 Å². The van der Waals surface area contributed by atoms with E-state index in [0.29, 0.717) is 5.56 Å². The number of halogens is 4. The molecule has 0 saturated heterocycles. The van der Waals surface area contributed by atoms with Crippen molar-refractivity contribution in [1.82, 2.24) is 5.32 Å². The van der Waals surface area contributed by atoms with Crippen LogP contribution in [0.15, 0.2) is 22.7 Å². The number of carbonyl (C=O) groups excluding carboxylic acids is 1. The zero-order chi connectivity index (χ0) is 11.4. The van der Waals surface area contributed by atoms with Crippen LogP contribution in [-0.2, 0) is 0 Å². The molecule has 0 heterocycles. The molecule has 1 aromatic rings. The normalized spacial score (nSPS) is 10.5. The summed E-state index contributed by atoms with van der Waals surface area (Å²) < 4.78 is 1.75. The third kappa shape index (κ3) is 4.46. The molecule has 0 spiro atoms. The Balaban J connectivity index is 2.77. The molecule has 0 radical (unpaired) electrons. The van der Waals surface area contributed by atoms with Crippen molar-refractivity contribution in [1.29, 1.82) is 0 Å². The Hall–Kier alpha value is 0.480. The van der Waals surface area contributed by atoms with Crippen molar-refractivity contribution in [2.45, 2.75) is 4.84 Å². The molecule has 1 rings (SSSR count). The summed E-state index contributed by atoms with van der Waals surface area (Å²) in [6.45, 7) is 0.236. The predicted octanol–water partition coefficient (Wildman–Crippen LogP) is 3.59. The van der Waals surface area contributed by atoms with Crippen LogP contribution in [0.4, 0.5) is 0 Å². The minimum absolute atomic E-state index is 0.188. The molecule has 6 heteroatoms. The Labute approximate surface area is 120 Å². The van der Waals surface area contributed by atoms with Crippen LogP contribution in [0.2, 0.25) is 0 Å². The monoisotopic (exact) mass is 421 g/mol. The maximum atomic E-state index is 11.7. The summed E-state index contributed by atoms with van der Waals surface area (Å²) in [6, 6.07) is 5.53. The summed E-state index contributed by atoms with van der Waals surface area (Å²) in [6.07, 6.45) is 0. The maximum Gasteiger partial charge on any atom is 0.252 e. The number of rotatable bonds is 3. The van der Waals surface area contributed by atoms with Gasteiger partial charge in [-0.2, -0.15) is 0 Å². The summed E-state index contributed by atoms with van der Waals surface area (Å²) in [5.74, 6) is -0.188. The molecule has 2 nitrogen and oxygen atoms in total. The van der Waals surface area contributed by atoms with Gasteiger partial charge in [0, 0.05) is 14.6 Å². The Kier molecular flexibility index (Phi) is 5.66. The molecule has 82 valence electrons. The van der Waals surface area contributed by atoms with Gasteiger partial charge >= 0.3 is 0 Å². The predicted molar refractivity (Wildman–Crippen MR) is 74.7 cm³/mol. The molecule has 0 atom stereocenters. The van der Waals surface area contributed by atoms with Gasteiger partial charge in [0.15, 0.2) is 0 Å². The van der Waals surface area contributed by atoms with Crippen molar-refractivity contribution in [3.63, 3.8) is 0 Å². The van der Waals surface area contributed by atoms with E-state index in [1.807, 2.05) is 12.1 Å². The average molecular weight is 423 g/mol. The van der Waals surface area contributed by atoms with Crippen LogP contribution in [0.1, 0.15) is 10.4 Å². The van der Waals surface area contributed by atoms with Crippen molar-refractivity contribution in [2.75, 3.05) is 6.54 Å². The lowest BCUT2D eigenvalue weighted by atomic mass is 10.2. The first-order valence-corrected chi connectivity index (χ1v) is 6.76. The van der Waals surface area contributed by atoms with E-state index in [9.17, 15) is 4.79 Å². The molecule has 1 aromatic carbocycles. The molecule has 1 amide bonds. The second-order valence-corrected chi connectivity index (χ2v) is 6.10. The lowest BCUT2D eigenvalue weighted by Gasteiger charge is -2.07. The van der Waals surface area contributed by atoms with Crippen molar-refractivity contribution in [3.05, 3.63) is 31.8 Å². The largest absolute Gasteiger partial charge is 0.349 e. The molecule has 0 fully saturated rings. The van der Waals surface area contributed by atoms with E-state index in [2.05, 4.69) is 43.8 Å². The summed E-state index contributed by atoms with van der Waals surface area (Å²) in [4.78, 5) is 11.1. The van der Waals surface area contributed by atoms with E-state index in [1.165, 1.54) is 0 Å². The highest BCUT2D eigenvalue weighted by atomic mass is 127. The number of benzene rings is 1. The number of alkyl halides is 2. The van der Waals surface area contributed by atoms with Gasteiger partial charge in [-0.15, -0.1) is 23.2 Å². The van der Waals surface area contributed by atoms with Gasteiger partial charge in [0.05, 0.1) is 5.56 Å². The minimum Gasteiger partial charge on any atom is -0.349 e. The van der Waals surface area contributed by atoms with Gasteiger partial charge in [-0.25, -0.2) is 0 Å². The highest BCUT2D eigenvalue weighted by molar-refractivity contribution is 14.1. The second-order valence-electron chi connectivity index (χ2n) is 2.73. The number of hydrogen-bond acceptors (Lipinski definition) is 1. The molecule has 0 aromatic heterocycles. The van der Waals surface area contributed by atoms with Gasteiger partial charge < -0.3 is 5.32 Å². The molecule has 1 N–H and O–H groups in total. The Morgan fingerprint density at radius 2 is 2.20 bits per heavy atom. The quantitative estimate of drug-likeness (QED) is 0.585. The summed E-state index contributed by atoms with van der Waals surface area (Å²) in [5, 5.41) is 2.63. The molecule has 0 saturated carbocycles. The molecular weight excluding hydrogens is 416 g/mol. The number of carbonyl (C=O) groups is 1. The smallest absolute Gasteiger partial charge is 0.252 e. The molecule has 0 unspecified atom stereocenters. The zero-order valence-electron chi connectivity index (χ0n) is 7.44. The van der Waals surface area contributed by atoms with Gasteiger partial charge in [-0.1, -0.05) is 0 Å². The lowest BCUT2D eigenvalue weighted by Crippen LogP contribution is -2.28. The van der Waals surface area contributed by atoms with Crippen LogP contribution < -0.4 is 5.32 Å². The van der Waals surface area contributed by atoms with Crippen LogP contribution in [0, 0.1) is 3.57 Å². The lowest BCUT2D eigenvalue weighted by molar-refractivity contribution is 0.0954.